The van der Waals surface area contributed by atoms with Crippen LogP contribution in [0.5, 0.6) is 0 Å². The summed E-state index contributed by atoms with van der Waals surface area (Å²) in [5.74, 6) is 0. The van der Waals surface area contributed by atoms with Crippen molar-refractivity contribution < 1.29 is 17.9 Å². The van der Waals surface area contributed by atoms with Gasteiger partial charge in [0.25, 0.3) is 0 Å². The van der Waals surface area contributed by atoms with Crippen molar-refractivity contribution in [3.8, 4) is 0 Å². The summed E-state index contributed by atoms with van der Waals surface area (Å²) in [7, 11) is 0. The average Bonchev–Trinajstić information content (AvgIpc) is 2.48. The molecule has 0 aliphatic rings. The smallest absolute Gasteiger partial charge is 0.375 e. The van der Waals surface area contributed by atoms with Crippen LogP contribution < -0.4 is 5.73 Å². The summed E-state index contributed by atoms with van der Waals surface area (Å²) in [6.07, 6.45) is -4.33. The molecule has 15 heavy (non-hydrogen) atoms. The Balaban J connectivity index is 2.67. The van der Waals surface area contributed by atoms with E-state index in [-0.39, 0.29) is 0 Å². The van der Waals surface area contributed by atoms with Crippen LogP contribution in [0.25, 0.3) is 0 Å². The van der Waals surface area contributed by atoms with E-state index in [2.05, 4.69) is 4.98 Å². The number of nitrogen functional groups attached to an aromatic ring is 1. The number of nitrogens with two attached hydrogens (primary N) is 1. The first kappa shape index (κ1) is 12.3. The molecule has 0 saturated carbocycles. The maximum atomic E-state index is 11.9. The van der Waals surface area contributed by atoms with Crippen molar-refractivity contribution in [2.24, 2.45) is 0 Å². The lowest BCUT2D eigenvalue weighted by molar-refractivity contribution is -0.202. The van der Waals surface area contributed by atoms with Crippen molar-refractivity contribution >= 4 is 16.5 Å². The largest absolute Gasteiger partial charge is 0.411 e. The minimum Gasteiger partial charge on any atom is -0.375 e. The highest BCUT2D eigenvalue weighted by molar-refractivity contribution is 7.13. The quantitative estimate of drug-likeness (QED) is 0.883. The summed E-state index contributed by atoms with van der Waals surface area (Å²) < 4.78 is 40.6. The van der Waals surface area contributed by atoms with Gasteiger partial charge in [-0.15, -0.1) is 11.3 Å². The van der Waals surface area contributed by atoms with Crippen LogP contribution in [0.3, 0.4) is 0 Å². The first-order chi connectivity index (χ1) is 6.71. The SMILES string of the molecule is CC(C)(OCC(F)(F)F)c1csc(N)n1. The van der Waals surface area contributed by atoms with E-state index in [1.54, 1.807) is 5.38 Å². The molecular formula is C8H11F3N2OS. The molecule has 2 N–H and O–H groups in total. The average molecular weight is 240 g/mol. The van der Waals surface area contributed by atoms with Gasteiger partial charge in [-0.1, -0.05) is 0 Å². The monoisotopic (exact) mass is 240 g/mol. The number of thiazole rings is 1. The lowest BCUT2D eigenvalue weighted by atomic mass is 10.1. The van der Waals surface area contributed by atoms with Gasteiger partial charge in [0.15, 0.2) is 5.13 Å². The highest BCUT2D eigenvalue weighted by Crippen LogP contribution is 2.29. The van der Waals surface area contributed by atoms with Crippen molar-refractivity contribution in [1.29, 1.82) is 0 Å². The van der Waals surface area contributed by atoms with Gasteiger partial charge in [0.2, 0.25) is 0 Å². The van der Waals surface area contributed by atoms with Crippen LogP contribution in [-0.2, 0) is 10.3 Å². The van der Waals surface area contributed by atoms with Gasteiger partial charge in [0.05, 0.1) is 5.69 Å². The fraction of sp³-hybridized carbons (Fsp3) is 0.625. The molecule has 3 nitrogen and oxygen atoms in total. The summed E-state index contributed by atoms with van der Waals surface area (Å²) >= 11 is 1.17. The molecule has 0 aromatic carbocycles. The maximum absolute atomic E-state index is 11.9. The zero-order valence-electron chi connectivity index (χ0n) is 8.26. The lowest BCUT2D eigenvalue weighted by Crippen LogP contribution is -2.28. The van der Waals surface area contributed by atoms with E-state index in [0.717, 1.165) is 0 Å². The van der Waals surface area contributed by atoms with Crippen LogP contribution in [0.4, 0.5) is 18.3 Å². The second kappa shape index (κ2) is 3.97. The molecule has 0 saturated heterocycles. The van der Waals surface area contributed by atoms with E-state index in [1.165, 1.54) is 25.2 Å². The highest BCUT2D eigenvalue weighted by atomic mass is 32.1. The first-order valence-corrected chi connectivity index (χ1v) is 5.01. The third-order valence-electron chi connectivity index (χ3n) is 1.74. The first-order valence-electron chi connectivity index (χ1n) is 4.13. The summed E-state index contributed by atoms with van der Waals surface area (Å²) in [6.45, 7) is 1.75. The predicted molar refractivity (Wildman–Crippen MR) is 51.6 cm³/mol. The predicted octanol–water partition coefficient (Wildman–Crippen LogP) is 2.54. The van der Waals surface area contributed by atoms with Gasteiger partial charge < -0.3 is 10.5 Å². The van der Waals surface area contributed by atoms with Crippen molar-refractivity contribution in [2.45, 2.75) is 25.6 Å². The van der Waals surface area contributed by atoms with Crippen LogP contribution in [0.2, 0.25) is 0 Å². The molecule has 0 atom stereocenters. The van der Waals surface area contributed by atoms with Gasteiger partial charge in [0.1, 0.15) is 12.2 Å². The lowest BCUT2D eigenvalue weighted by Gasteiger charge is -2.23. The normalized spacial score (nSPS) is 13.1. The van der Waals surface area contributed by atoms with Gasteiger partial charge >= 0.3 is 6.18 Å². The minimum absolute atomic E-state index is 0.314. The fourth-order valence-corrected chi connectivity index (χ4v) is 1.62. The topological polar surface area (TPSA) is 48.1 Å². The number of nitrogens with zero attached hydrogens (tertiary/aromatic N) is 1. The van der Waals surface area contributed by atoms with Crippen LogP contribution in [0.1, 0.15) is 19.5 Å². The summed E-state index contributed by atoms with van der Waals surface area (Å²) in [6, 6.07) is 0. The van der Waals surface area contributed by atoms with Crippen molar-refractivity contribution in [3.63, 3.8) is 0 Å². The molecule has 0 radical (unpaired) electrons. The van der Waals surface area contributed by atoms with Gasteiger partial charge in [-0.2, -0.15) is 13.2 Å². The van der Waals surface area contributed by atoms with Gasteiger partial charge in [-0.05, 0) is 13.8 Å². The summed E-state index contributed by atoms with van der Waals surface area (Å²) in [4.78, 5) is 3.89. The molecule has 1 aromatic rings. The van der Waals surface area contributed by atoms with Crippen molar-refractivity contribution in [1.82, 2.24) is 4.98 Å². The zero-order chi connectivity index (χ0) is 11.7. The molecule has 7 heteroatoms. The maximum Gasteiger partial charge on any atom is 0.411 e. The van der Waals surface area contributed by atoms with E-state index in [0.29, 0.717) is 10.8 Å². The second-order valence-electron chi connectivity index (χ2n) is 3.49. The molecule has 1 aromatic heterocycles. The van der Waals surface area contributed by atoms with E-state index in [9.17, 15) is 13.2 Å². The number of aromatic nitrogens is 1. The molecule has 0 amide bonds. The van der Waals surface area contributed by atoms with Gasteiger partial charge in [-0.3, -0.25) is 0 Å². The molecule has 0 bridgehead atoms. The summed E-state index contributed by atoms with van der Waals surface area (Å²) in [5.41, 5.74) is 4.72. The Morgan fingerprint density at radius 1 is 1.47 bits per heavy atom. The molecule has 0 spiro atoms. The second-order valence-corrected chi connectivity index (χ2v) is 4.37. The Bertz CT molecular complexity index is 335. The molecule has 86 valence electrons. The third kappa shape index (κ3) is 3.67. The van der Waals surface area contributed by atoms with E-state index < -0.39 is 18.4 Å². The van der Waals surface area contributed by atoms with Gasteiger partial charge in [0, 0.05) is 5.38 Å². The minimum atomic E-state index is -4.33. The van der Waals surface area contributed by atoms with Crippen LogP contribution in [-0.4, -0.2) is 17.8 Å². The fourth-order valence-electron chi connectivity index (χ4n) is 0.900. The number of rotatable bonds is 3. The van der Waals surface area contributed by atoms with Crippen LogP contribution >= 0.6 is 11.3 Å². The number of hydrogen-bond acceptors (Lipinski definition) is 4. The Morgan fingerprint density at radius 2 is 2.07 bits per heavy atom. The number of alkyl halides is 3. The van der Waals surface area contributed by atoms with Crippen molar-refractivity contribution in [2.75, 3.05) is 12.3 Å². The Labute approximate surface area is 89.1 Å². The molecule has 0 unspecified atom stereocenters. The Morgan fingerprint density at radius 3 is 2.47 bits per heavy atom. The van der Waals surface area contributed by atoms with Crippen molar-refractivity contribution in [3.05, 3.63) is 11.1 Å². The zero-order valence-corrected chi connectivity index (χ0v) is 9.08. The third-order valence-corrected chi connectivity index (χ3v) is 2.41. The molecule has 1 heterocycles. The Hall–Kier alpha value is -0.820. The van der Waals surface area contributed by atoms with E-state index in [4.69, 9.17) is 10.5 Å². The molecule has 0 fully saturated rings. The summed E-state index contributed by atoms with van der Waals surface area (Å²) in [5, 5.41) is 1.90. The number of hydrogen-bond donors (Lipinski definition) is 1. The molecule has 1 rings (SSSR count). The molecular weight excluding hydrogens is 229 g/mol. The van der Waals surface area contributed by atoms with E-state index in [1.807, 2.05) is 0 Å². The van der Waals surface area contributed by atoms with Gasteiger partial charge in [-0.25, -0.2) is 4.98 Å². The van der Waals surface area contributed by atoms with Crippen LogP contribution in [0, 0.1) is 0 Å². The molecule has 0 aliphatic heterocycles. The molecule has 0 aliphatic carbocycles. The standard InChI is InChI=1S/C8H11F3N2OS/c1-7(2,14-4-8(9,10)11)5-3-15-6(12)13-5/h3H,4H2,1-2H3,(H2,12,13). The number of ether oxygens (including phenoxy) is 1. The number of halogens is 3. The van der Waals surface area contributed by atoms with Crippen LogP contribution in [0.15, 0.2) is 5.38 Å². The Kier molecular flexibility index (Phi) is 3.25. The van der Waals surface area contributed by atoms with E-state index >= 15 is 0 Å². The number of anilines is 1. The highest BCUT2D eigenvalue weighted by Gasteiger charge is 2.33.